The average Bonchev–Trinajstić information content (AvgIpc) is 2.95. The van der Waals surface area contributed by atoms with Crippen molar-refractivity contribution < 1.29 is 19.4 Å². The van der Waals surface area contributed by atoms with Gasteiger partial charge in [-0.2, -0.15) is 0 Å². The number of carboxylic acids is 1. The number of amides is 1. The number of rotatable bonds is 5. The van der Waals surface area contributed by atoms with Crippen molar-refractivity contribution in [2.24, 2.45) is 0 Å². The fourth-order valence-corrected chi connectivity index (χ4v) is 2.62. The third-order valence-corrected chi connectivity index (χ3v) is 3.83. The molecular formula is C16H21NO4. The predicted octanol–water partition coefficient (Wildman–Crippen LogP) is 2.23. The molecule has 0 spiro atoms. The van der Waals surface area contributed by atoms with Crippen LogP contribution in [-0.4, -0.2) is 40.6 Å². The molecule has 1 aromatic rings. The van der Waals surface area contributed by atoms with E-state index in [0.717, 1.165) is 12.0 Å². The Morgan fingerprint density at radius 1 is 1.43 bits per heavy atom. The van der Waals surface area contributed by atoms with Gasteiger partial charge >= 0.3 is 5.97 Å². The molecule has 0 bridgehead atoms. The van der Waals surface area contributed by atoms with Crippen LogP contribution < -0.4 is 4.74 Å². The second-order valence-corrected chi connectivity index (χ2v) is 5.31. The number of ether oxygens (including phenoxy) is 1. The van der Waals surface area contributed by atoms with E-state index in [1.807, 2.05) is 38.1 Å². The lowest BCUT2D eigenvalue weighted by Crippen LogP contribution is -2.47. The second-order valence-electron chi connectivity index (χ2n) is 5.31. The molecule has 1 N–H and O–H groups in total. The highest BCUT2D eigenvalue weighted by Gasteiger charge is 2.37. The lowest BCUT2D eigenvalue weighted by molar-refractivity contribution is -0.151. The van der Waals surface area contributed by atoms with Crippen molar-refractivity contribution in [1.82, 2.24) is 4.90 Å². The monoisotopic (exact) mass is 291 g/mol. The average molecular weight is 291 g/mol. The van der Waals surface area contributed by atoms with Gasteiger partial charge in [0, 0.05) is 6.54 Å². The zero-order valence-electron chi connectivity index (χ0n) is 12.4. The van der Waals surface area contributed by atoms with Crippen molar-refractivity contribution in [3.05, 3.63) is 29.8 Å². The molecule has 0 radical (unpaired) electrons. The number of carbonyl (C=O) groups is 2. The van der Waals surface area contributed by atoms with E-state index in [1.54, 1.807) is 0 Å². The van der Waals surface area contributed by atoms with E-state index in [4.69, 9.17) is 4.74 Å². The summed E-state index contributed by atoms with van der Waals surface area (Å²) >= 11 is 0. The van der Waals surface area contributed by atoms with Crippen LogP contribution in [0.1, 0.15) is 31.7 Å². The third kappa shape index (κ3) is 3.35. The number of aryl methyl sites for hydroxylation is 1. The van der Waals surface area contributed by atoms with Gasteiger partial charge in [-0.05, 0) is 37.8 Å². The number of carbonyl (C=O) groups excluding carboxylic acids is 1. The Morgan fingerprint density at radius 2 is 2.14 bits per heavy atom. The topological polar surface area (TPSA) is 66.8 Å². The fourth-order valence-electron chi connectivity index (χ4n) is 2.62. The van der Waals surface area contributed by atoms with Crippen LogP contribution in [-0.2, 0) is 9.59 Å². The predicted molar refractivity (Wildman–Crippen MR) is 78.3 cm³/mol. The van der Waals surface area contributed by atoms with Gasteiger partial charge in [0.1, 0.15) is 11.8 Å². The first-order valence-corrected chi connectivity index (χ1v) is 7.30. The van der Waals surface area contributed by atoms with Crippen molar-refractivity contribution in [2.45, 2.75) is 45.3 Å². The summed E-state index contributed by atoms with van der Waals surface area (Å²) in [4.78, 5) is 25.2. The van der Waals surface area contributed by atoms with Gasteiger partial charge in [-0.3, -0.25) is 4.79 Å². The number of nitrogens with zero attached hydrogens (tertiary/aromatic N) is 1. The van der Waals surface area contributed by atoms with E-state index in [0.29, 0.717) is 25.1 Å². The van der Waals surface area contributed by atoms with Crippen LogP contribution in [0.3, 0.4) is 0 Å². The van der Waals surface area contributed by atoms with Gasteiger partial charge < -0.3 is 14.7 Å². The molecule has 5 heteroatoms. The van der Waals surface area contributed by atoms with E-state index in [9.17, 15) is 14.7 Å². The Morgan fingerprint density at radius 3 is 2.76 bits per heavy atom. The first-order valence-electron chi connectivity index (χ1n) is 7.30. The first kappa shape index (κ1) is 15.4. The number of carboxylic acid groups (broad SMARTS) is 1. The highest BCUT2D eigenvalue weighted by atomic mass is 16.5. The number of para-hydroxylation sites is 1. The minimum Gasteiger partial charge on any atom is -0.480 e. The zero-order valence-corrected chi connectivity index (χ0v) is 12.4. The molecular weight excluding hydrogens is 270 g/mol. The summed E-state index contributed by atoms with van der Waals surface area (Å²) in [5.41, 5.74) is 0.958. The zero-order chi connectivity index (χ0) is 15.4. The quantitative estimate of drug-likeness (QED) is 0.903. The summed E-state index contributed by atoms with van der Waals surface area (Å²) in [5.74, 6) is -0.499. The largest absolute Gasteiger partial charge is 0.480 e. The lowest BCUT2D eigenvalue weighted by atomic mass is 10.2. The van der Waals surface area contributed by atoms with Gasteiger partial charge in [-0.25, -0.2) is 4.79 Å². The summed E-state index contributed by atoms with van der Waals surface area (Å²) in [5, 5.41) is 9.19. The van der Waals surface area contributed by atoms with E-state index in [-0.39, 0.29) is 5.91 Å². The molecule has 0 saturated carbocycles. The van der Waals surface area contributed by atoms with Crippen LogP contribution >= 0.6 is 0 Å². The van der Waals surface area contributed by atoms with Crippen LogP contribution in [0.5, 0.6) is 5.75 Å². The van der Waals surface area contributed by atoms with E-state index >= 15 is 0 Å². The van der Waals surface area contributed by atoms with Gasteiger partial charge in [-0.15, -0.1) is 0 Å². The lowest BCUT2D eigenvalue weighted by Gasteiger charge is -2.27. The van der Waals surface area contributed by atoms with Crippen molar-refractivity contribution in [3.63, 3.8) is 0 Å². The van der Waals surface area contributed by atoms with Crippen LogP contribution in [0, 0.1) is 6.92 Å². The van der Waals surface area contributed by atoms with Crippen LogP contribution in [0.25, 0.3) is 0 Å². The van der Waals surface area contributed by atoms with Crippen molar-refractivity contribution in [1.29, 1.82) is 0 Å². The van der Waals surface area contributed by atoms with Crippen LogP contribution in [0.15, 0.2) is 24.3 Å². The molecule has 21 heavy (non-hydrogen) atoms. The summed E-state index contributed by atoms with van der Waals surface area (Å²) in [7, 11) is 0. The molecule has 0 aliphatic carbocycles. The number of aliphatic carboxylic acids is 1. The van der Waals surface area contributed by atoms with Crippen LogP contribution in [0.2, 0.25) is 0 Å². The number of likely N-dealkylation sites (tertiary alicyclic amines) is 1. The van der Waals surface area contributed by atoms with Gasteiger partial charge in [0.25, 0.3) is 5.91 Å². The smallest absolute Gasteiger partial charge is 0.326 e. The molecule has 2 rings (SSSR count). The van der Waals surface area contributed by atoms with Gasteiger partial charge in [0.05, 0.1) is 0 Å². The molecule has 0 aromatic heterocycles. The van der Waals surface area contributed by atoms with Gasteiger partial charge in [-0.1, -0.05) is 25.1 Å². The van der Waals surface area contributed by atoms with Crippen molar-refractivity contribution >= 4 is 11.9 Å². The maximum atomic E-state index is 12.5. The minimum atomic E-state index is -0.938. The van der Waals surface area contributed by atoms with E-state index in [1.165, 1.54) is 4.90 Å². The molecule has 1 aliphatic heterocycles. The molecule has 1 amide bonds. The van der Waals surface area contributed by atoms with Crippen molar-refractivity contribution in [2.75, 3.05) is 6.54 Å². The van der Waals surface area contributed by atoms with E-state index in [2.05, 4.69) is 0 Å². The summed E-state index contributed by atoms with van der Waals surface area (Å²) in [6, 6.07) is 6.79. The normalized spacial score (nSPS) is 19.3. The highest BCUT2D eigenvalue weighted by molar-refractivity contribution is 5.87. The fraction of sp³-hybridized carbons (Fsp3) is 0.500. The summed E-state index contributed by atoms with van der Waals surface area (Å²) in [6.45, 7) is 4.28. The highest BCUT2D eigenvalue weighted by Crippen LogP contribution is 2.23. The van der Waals surface area contributed by atoms with Gasteiger partial charge in [0.15, 0.2) is 6.10 Å². The van der Waals surface area contributed by atoms with Crippen LogP contribution in [0.4, 0.5) is 0 Å². The molecule has 1 fully saturated rings. The Bertz CT molecular complexity index is 529. The molecule has 114 valence electrons. The van der Waals surface area contributed by atoms with Crippen molar-refractivity contribution in [3.8, 4) is 5.75 Å². The maximum absolute atomic E-state index is 12.5. The first-order chi connectivity index (χ1) is 10.0. The molecule has 1 saturated heterocycles. The second kappa shape index (κ2) is 6.61. The number of benzene rings is 1. The Kier molecular flexibility index (Phi) is 4.83. The Hall–Kier alpha value is -2.04. The maximum Gasteiger partial charge on any atom is 0.326 e. The molecule has 1 heterocycles. The standard InChI is InChI=1S/C16H21NO4/c1-3-13(21-14-9-5-4-7-11(14)2)15(18)17-10-6-8-12(17)16(19)20/h4-5,7,9,12-13H,3,6,8,10H2,1-2H3,(H,19,20)/t12-,13?/m1/s1. The number of hydrogen-bond acceptors (Lipinski definition) is 3. The minimum absolute atomic E-state index is 0.231. The number of hydrogen-bond donors (Lipinski definition) is 1. The summed E-state index contributed by atoms with van der Waals surface area (Å²) < 4.78 is 5.81. The Labute approximate surface area is 124 Å². The Balaban J connectivity index is 2.12. The molecule has 1 aliphatic rings. The third-order valence-electron chi connectivity index (χ3n) is 3.83. The molecule has 5 nitrogen and oxygen atoms in total. The van der Waals surface area contributed by atoms with Gasteiger partial charge in [0.2, 0.25) is 0 Å². The molecule has 1 aromatic carbocycles. The van der Waals surface area contributed by atoms with E-state index < -0.39 is 18.1 Å². The molecule has 1 unspecified atom stereocenters. The molecule has 2 atom stereocenters. The summed E-state index contributed by atoms with van der Waals surface area (Å²) in [6.07, 6.45) is 1.12. The SMILES string of the molecule is CCC(Oc1ccccc1C)C(=O)N1CCC[C@@H]1C(=O)O.